The Bertz CT molecular complexity index is 903. The number of likely N-dealkylation sites (tertiary alicyclic amines) is 1. The predicted molar refractivity (Wildman–Crippen MR) is 124 cm³/mol. The highest BCUT2D eigenvalue weighted by atomic mass is 127. The van der Waals surface area contributed by atoms with Crippen LogP contribution in [0.2, 0.25) is 0 Å². The van der Waals surface area contributed by atoms with Crippen molar-refractivity contribution in [2.24, 2.45) is 0 Å². The summed E-state index contributed by atoms with van der Waals surface area (Å²) in [5.41, 5.74) is 1.55. The van der Waals surface area contributed by atoms with Crippen molar-refractivity contribution in [3.63, 3.8) is 0 Å². The molecule has 2 aliphatic rings. The first kappa shape index (κ1) is 22.2. The molecule has 0 aliphatic carbocycles. The van der Waals surface area contributed by atoms with E-state index in [1.165, 1.54) is 0 Å². The second-order valence-corrected chi connectivity index (χ2v) is 9.05. The Morgan fingerprint density at radius 2 is 1.65 bits per heavy atom. The van der Waals surface area contributed by atoms with E-state index in [4.69, 9.17) is 14.2 Å². The molecule has 4 rings (SSSR count). The molecular weight excluding hydrogens is 509 g/mol. The number of rotatable bonds is 6. The Morgan fingerprint density at radius 3 is 2.32 bits per heavy atom. The van der Waals surface area contributed by atoms with E-state index in [9.17, 15) is 9.59 Å². The van der Waals surface area contributed by atoms with Crippen LogP contribution in [-0.4, -0.2) is 55.0 Å². The molecule has 0 radical (unpaired) electrons. The molecule has 0 N–H and O–H groups in total. The zero-order valence-electron chi connectivity index (χ0n) is 17.3. The van der Waals surface area contributed by atoms with Gasteiger partial charge in [0.15, 0.2) is 5.79 Å². The molecule has 164 valence electrons. The van der Waals surface area contributed by atoms with E-state index in [-0.39, 0.29) is 12.3 Å². The number of carbonyl (C=O) groups is 2. The summed E-state index contributed by atoms with van der Waals surface area (Å²) in [5.74, 6) is -0.926. The van der Waals surface area contributed by atoms with Crippen molar-refractivity contribution in [2.75, 3.05) is 26.3 Å². The van der Waals surface area contributed by atoms with Gasteiger partial charge in [0, 0.05) is 35.9 Å². The Labute approximate surface area is 196 Å². The summed E-state index contributed by atoms with van der Waals surface area (Å²) in [5, 5.41) is 0. The molecule has 1 spiro atoms. The third-order valence-electron chi connectivity index (χ3n) is 5.77. The van der Waals surface area contributed by atoms with Crippen molar-refractivity contribution in [1.82, 2.24) is 4.90 Å². The number of benzene rings is 2. The molecule has 2 saturated heterocycles. The average Bonchev–Trinajstić information content (AvgIpc) is 3.23. The van der Waals surface area contributed by atoms with Crippen LogP contribution < -0.4 is 0 Å². The Morgan fingerprint density at radius 1 is 1.00 bits per heavy atom. The van der Waals surface area contributed by atoms with Gasteiger partial charge in [-0.15, -0.1) is 0 Å². The second kappa shape index (κ2) is 10.1. The first-order valence-corrected chi connectivity index (χ1v) is 11.7. The molecule has 0 saturated carbocycles. The summed E-state index contributed by atoms with van der Waals surface area (Å²) in [4.78, 5) is 27.7. The smallest absolute Gasteiger partial charge is 0.339 e. The lowest BCUT2D eigenvalue weighted by atomic mass is 10.0. The van der Waals surface area contributed by atoms with Gasteiger partial charge in [0.05, 0.1) is 25.2 Å². The molecule has 7 heteroatoms. The van der Waals surface area contributed by atoms with Crippen molar-refractivity contribution in [2.45, 2.75) is 37.6 Å². The van der Waals surface area contributed by atoms with E-state index in [0.717, 1.165) is 9.13 Å². The lowest BCUT2D eigenvalue weighted by Crippen LogP contribution is -2.48. The number of esters is 1. The van der Waals surface area contributed by atoms with Crippen LogP contribution in [0.1, 0.15) is 35.2 Å². The maximum absolute atomic E-state index is 13.0. The maximum atomic E-state index is 13.0. The highest BCUT2D eigenvalue weighted by molar-refractivity contribution is 14.1. The largest absolute Gasteiger partial charge is 0.458 e. The van der Waals surface area contributed by atoms with E-state index in [1.807, 2.05) is 53.4 Å². The number of halogens is 1. The van der Waals surface area contributed by atoms with Crippen LogP contribution in [0.15, 0.2) is 54.6 Å². The van der Waals surface area contributed by atoms with Crippen LogP contribution in [-0.2, 0) is 25.4 Å². The van der Waals surface area contributed by atoms with Gasteiger partial charge in [-0.25, -0.2) is 4.79 Å². The highest BCUT2D eigenvalue weighted by Gasteiger charge is 2.41. The van der Waals surface area contributed by atoms with Gasteiger partial charge in [0.1, 0.15) is 6.10 Å². The molecule has 2 fully saturated rings. The van der Waals surface area contributed by atoms with Gasteiger partial charge >= 0.3 is 5.97 Å². The van der Waals surface area contributed by atoms with E-state index in [0.29, 0.717) is 51.1 Å². The van der Waals surface area contributed by atoms with Crippen LogP contribution in [0, 0.1) is 3.57 Å². The fraction of sp³-hybridized carbons (Fsp3) is 0.417. The zero-order chi connectivity index (χ0) is 21.7. The number of hydrogen-bond donors (Lipinski definition) is 0. The first-order chi connectivity index (χ1) is 15.0. The Balaban J connectivity index is 1.42. The lowest BCUT2D eigenvalue weighted by Gasteiger charge is -2.38. The Hall–Kier alpha value is -1.97. The van der Waals surface area contributed by atoms with Crippen molar-refractivity contribution < 1.29 is 23.8 Å². The van der Waals surface area contributed by atoms with Gasteiger partial charge in [-0.1, -0.05) is 42.5 Å². The SMILES string of the molecule is O=C(OC(CC(=O)N1CCC2(CC1)OCCO2)Cc1ccccc1)c1ccccc1I. The quantitative estimate of drug-likeness (QED) is 0.416. The minimum absolute atomic E-state index is 0.00987. The minimum Gasteiger partial charge on any atom is -0.458 e. The summed E-state index contributed by atoms with van der Waals surface area (Å²) < 4.78 is 18.2. The highest BCUT2D eigenvalue weighted by Crippen LogP contribution is 2.31. The summed E-state index contributed by atoms with van der Waals surface area (Å²) in [7, 11) is 0. The van der Waals surface area contributed by atoms with Gasteiger partial charge in [-0.05, 0) is 40.3 Å². The van der Waals surface area contributed by atoms with Crippen molar-refractivity contribution in [3.05, 3.63) is 69.3 Å². The van der Waals surface area contributed by atoms with Crippen LogP contribution in [0.3, 0.4) is 0 Å². The van der Waals surface area contributed by atoms with Crippen LogP contribution in [0.4, 0.5) is 0 Å². The molecule has 0 bridgehead atoms. The number of piperidine rings is 1. The molecule has 1 unspecified atom stereocenters. The molecule has 1 atom stereocenters. The van der Waals surface area contributed by atoms with Crippen molar-refractivity contribution >= 4 is 34.5 Å². The third-order valence-corrected chi connectivity index (χ3v) is 6.71. The molecule has 0 aromatic heterocycles. The second-order valence-electron chi connectivity index (χ2n) is 7.89. The topological polar surface area (TPSA) is 65.1 Å². The van der Waals surface area contributed by atoms with Crippen LogP contribution >= 0.6 is 22.6 Å². The molecular formula is C24H26INO5. The van der Waals surface area contributed by atoms with Crippen LogP contribution in [0.5, 0.6) is 0 Å². The molecule has 31 heavy (non-hydrogen) atoms. The number of nitrogens with zero attached hydrogens (tertiary/aromatic N) is 1. The zero-order valence-corrected chi connectivity index (χ0v) is 19.5. The van der Waals surface area contributed by atoms with Gasteiger partial charge in [-0.3, -0.25) is 4.79 Å². The van der Waals surface area contributed by atoms with Crippen molar-refractivity contribution in [1.29, 1.82) is 0 Å². The lowest BCUT2D eigenvalue weighted by molar-refractivity contribution is -0.187. The number of carbonyl (C=O) groups excluding carboxylic acids is 2. The summed E-state index contributed by atoms with van der Waals surface area (Å²) in [6.07, 6.45) is 1.45. The molecule has 6 nitrogen and oxygen atoms in total. The molecule has 1 amide bonds. The van der Waals surface area contributed by atoms with Gasteiger partial charge in [-0.2, -0.15) is 0 Å². The van der Waals surface area contributed by atoms with Gasteiger partial charge in [0.2, 0.25) is 5.91 Å². The minimum atomic E-state index is -0.534. The Kier molecular flexibility index (Phi) is 7.24. The molecule has 2 aromatic rings. The summed E-state index contributed by atoms with van der Waals surface area (Å²) in [6, 6.07) is 17.1. The first-order valence-electron chi connectivity index (χ1n) is 10.6. The van der Waals surface area contributed by atoms with Gasteiger partial charge < -0.3 is 19.1 Å². The van der Waals surface area contributed by atoms with E-state index >= 15 is 0 Å². The molecule has 2 heterocycles. The molecule has 2 aliphatic heterocycles. The summed E-state index contributed by atoms with van der Waals surface area (Å²) in [6.45, 7) is 2.39. The average molecular weight is 535 g/mol. The van der Waals surface area contributed by atoms with Gasteiger partial charge in [0.25, 0.3) is 0 Å². The number of ether oxygens (including phenoxy) is 3. The van der Waals surface area contributed by atoms with E-state index in [1.54, 1.807) is 6.07 Å². The maximum Gasteiger partial charge on any atom is 0.339 e. The fourth-order valence-electron chi connectivity index (χ4n) is 4.08. The number of amides is 1. The normalized spacial score (nSPS) is 18.7. The van der Waals surface area contributed by atoms with E-state index < -0.39 is 17.9 Å². The standard InChI is InChI=1S/C24H26INO5/c25-21-9-5-4-8-20(21)23(28)31-19(16-18-6-2-1-3-7-18)17-22(27)26-12-10-24(11-13-26)29-14-15-30-24/h1-9,19H,10-17H2. The molecule has 2 aromatic carbocycles. The summed E-state index contributed by atoms with van der Waals surface area (Å²) >= 11 is 2.12. The van der Waals surface area contributed by atoms with E-state index in [2.05, 4.69) is 22.6 Å². The third kappa shape index (κ3) is 5.64. The van der Waals surface area contributed by atoms with Crippen LogP contribution in [0.25, 0.3) is 0 Å². The van der Waals surface area contributed by atoms with Crippen molar-refractivity contribution in [3.8, 4) is 0 Å². The number of hydrogen-bond acceptors (Lipinski definition) is 5. The fourth-order valence-corrected chi connectivity index (χ4v) is 4.69. The monoisotopic (exact) mass is 535 g/mol. The predicted octanol–water partition coefficient (Wildman–Crippen LogP) is 3.81.